The molecule has 0 saturated heterocycles. The van der Waals surface area contributed by atoms with E-state index in [4.69, 9.17) is 5.73 Å². The van der Waals surface area contributed by atoms with Crippen molar-refractivity contribution in [3.8, 4) is 0 Å². The lowest BCUT2D eigenvalue weighted by Crippen LogP contribution is -2.38. The first kappa shape index (κ1) is 13.6. The van der Waals surface area contributed by atoms with Crippen LogP contribution in [0.3, 0.4) is 0 Å². The molecule has 0 spiro atoms. The summed E-state index contributed by atoms with van der Waals surface area (Å²) in [6, 6.07) is 8.17. The molecule has 0 fully saturated rings. The summed E-state index contributed by atoms with van der Waals surface area (Å²) in [7, 11) is 2.01. The van der Waals surface area contributed by atoms with Gasteiger partial charge in [0, 0.05) is 42.7 Å². The Hall–Kier alpha value is -1.81. The number of aromatic nitrogens is 1. The quantitative estimate of drug-likeness (QED) is 0.881. The van der Waals surface area contributed by atoms with E-state index < -0.39 is 5.54 Å². The van der Waals surface area contributed by atoms with Crippen molar-refractivity contribution in [1.29, 1.82) is 0 Å². The summed E-state index contributed by atoms with van der Waals surface area (Å²) in [4.78, 5) is 11.8. The summed E-state index contributed by atoms with van der Waals surface area (Å²) in [6.45, 7) is 4.24. The second-order valence-electron chi connectivity index (χ2n) is 5.72. The van der Waals surface area contributed by atoms with Crippen LogP contribution < -0.4 is 11.1 Å². The second kappa shape index (κ2) is 5.05. The molecule has 0 saturated carbocycles. The molecule has 2 rings (SSSR count). The van der Waals surface area contributed by atoms with Gasteiger partial charge < -0.3 is 15.6 Å². The molecule has 0 unspecified atom stereocenters. The minimum Gasteiger partial charge on any atom is -0.352 e. The van der Waals surface area contributed by atoms with Crippen molar-refractivity contribution in [3.05, 3.63) is 36.0 Å². The fourth-order valence-electron chi connectivity index (χ4n) is 2.24. The molecule has 3 N–H and O–H groups in total. The molecular formula is C15H21N3O. The van der Waals surface area contributed by atoms with Crippen molar-refractivity contribution in [2.45, 2.75) is 32.4 Å². The smallest absolute Gasteiger partial charge is 0.222 e. The molecule has 19 heavy (non-hydrogen) atoms. The lowest BCUT2D eigenvalue weighted by Gasteiger charge is -2.17. The summed E-state index contributed by atoms with van der Waals surface area (Å²) >= 11 is 0. The van der Waals surface area contributed by atoms with Crippen LogP contribution in [0.4, 0.5) is 0 Å². The van der Waals surface area contributed by atoms with Gasteiger partial charge in [-0.3, -0.25) is 4.79 Å². The van der Waals surface area contributed by atoms with Gasteiger partial charge >= 0.3 is 0 Å². The predicted octanol–water partition coefficient (Wildman–Crippen LogP) is 1.92. The van der Waals surface area contributed by atoms with Crippen molar-refractivity contribution in [1.82, 2.24) is 9.88 Å². The van der Waals surface area contributed by atoms with Gasteiger partial charge in [0.2, 0.25) is 5.91 Å². The average Bonchev–Trinajstić information content (AvgIpc) is 2.62. The highest BCUT2D eigenvalue weighted by molar-refractivity contribution is 5.84. The zero-order valence-electron chi connectivity index (χ0n) is 11.7. The first-order valence-corrected chi connectivity index (χ1v) is 6.45. The van der Waals surface area contributed by atoms with Crippen LogP contribution in [0.25, 0.3) is 10.9 Å². The van der Waals surface area contributed by atoms with Crippen molar-refractivity contribution < 1.29 is 4.79 Å². The number of nitrogens with two attached hydrogens (primary N) is 1. The van der Waals surface area contributed by atoms with Gasteiger partial charge in [0.15, 0.2) is 0 Å². The Kier molecular flexibility index (Phi) is 3.62. The number of benzene rings is 1. The third-order valence-corrected chi connectivity index (χ3v) is 3.07. The van der Waals surface area contributed by atoms with E-state index in [0.717, 1.165) is 5.56 Å². The van der Waals surface area contributed by atoms with Gasteiger partial charge in [-0.25, -0.2) is 0 Å². The average molecular weight is 259 g/mol. The predicted molar refractivity (Wildman–Crippen MR) is 77.6 cm³/mol. The molecule has 1 heterocycles. The van der Waals surface area contributed by atoms with Gasteiger partial charge in [-0.1, -0.05) is 18.2 Å². The Morgan fingerprint density at radius 3 is 2.74 bits per heavy atom. The summed E-state index contributed by atoms with van der Waals surface area (Å²) in [6.07, 6.45) is 2.39. The number of carbonyl (C=O) groups is 1. The molecule has 0 aliphatic carbocycles. The zero-order valence-corrected chi connectivity index (χ0v) is 11.7. The zero-order chi connectivity index (χ0) is 14.0. The maximum absolute atomic E-state index is 11.8. The number of rotatable bonds is 4. The van der Waals surface area contributed by atoms with Crippen LogP contribution in [0.5, 0.6) is 0 Å². The molecule has 0 radical (unpaired) electrons. The molecule has 4 nitrogen and oxygen atoms in total. The molecule has 0 bridgehead atoms. The van der Waals surface area contributed by atoms with Gasteiger partial charge in [0.05, 0.1) is 0 Å². The van der Waals surface area contributed by atoms with E-state index in [1.807, 2.05) is 33.0 Å². The Morgan fingerprint density at radius 2 is 2.05 bits per heavy atom. The van der Waals surface area contributed by atoms with Gasteiger partial charge in [0.1, 0.15) is 0 Å². The lowest BCUT2D eigenvalue weighted by molar-refractivity contribution is -0.122. The van der Waals surface area contributed by atoms with Crippen LogP contribution in [0, 0.1) is 0 Å². The van der Waals surface area contributed by atoms with Crippen LogP contribution >= 0.6 is 0 Å². The van der Waals surface area contributed by atoms with E-state index in [2.05, 4.69) is 28.2 Å². The molecular weight excluding hydrogens is 238 g/mol. The van der Waals surface area contributed by atoms with Gasteiger partial charge in [-0.15, -0.1) is 0 Å². The first-order chi connectivity index (χ1) is 8.87. The summed E-state index contributed by atoms with van der Waals surface area (Å²) in [5.41, 5.74) is 7.66. The van der Waals surface area contributed by atoms with Crippen LogP contribution in [0.15, 0.2) is 30.5 Å². The molecule has 2 aromatic rings. The Balaban J connectivity index is 2.08. The molecule has 0 atom stereocenters. The largest absolute Gasteiger partial charge is 0.352 e. The number of nitrogens with one attached hydrogen (secondary N) is 1. The molecule has 1 amide bonds. The standard InChI is InChI=1S/C15H21N3O/c1-15(2,16)8-14(19)17-9-11-10-18(3)13-7-5-4-6-12(11)13/h4-7,10H,8-9,16H2,1-3H3,(H,17,19). The Morgan fingerprint density at radius 1 is 1.37 bits per heavy atom. The third kappa shape index (κ3) is 3.35. The van der Waals surface area contributed by atoms with E-state index in [0.29, 0.717) is 13.0 Å². The number of hydrogen-bond donors (Lipinski definition) is 2. The number of aryl methyl sites for hydroxylation is 1. The van der Waals surface area contributed by atoms with Gasteiger partial charge in [0.25, 0.3) is 0 Å². The molecule has 1 aromatic heterocycles. The highest BCUT2D eigenvalue weighted by Gasteiger charge is 2.16. The van der Waals surface area contributed by atoms with Crippen molar-refractivity contribution in [3.63, 3.8) is 0 Å². The Labute approximate surface area is 113 Å². The van der Waals surface area contributed by atoms with Crippen LogP contribution in [0.2, 0.25) is 0 Å². The van der Waals surface area contributed by atoms with E-state index in [1.54, 1.807) is 0 Å². The van der Waals surface area contributed by atoms with E-state index >= 15 is 0 Å². The maximum Gasteiger partial charge on any atom is 0.222 e. The van der Waals surface area contributed by atoms with Crippen molar-refractivity contribution >= 4 is 16.8 Å². The summed E-state index contributed by atoms with van der Waals surface area (Å²) in [5, 5.41) is 4.11. The molecule has 0 aliphatic heterocycles. The monoisotopic (exact) mass is 259 g/mol. The number of para-hydroxylation sites is 1. The van der Waals surface area contributed by atoms with Crippen LogP contribution in [-0.2, 0) is 18.4 Å². The molecule has 0 aliphatic rings. The minimum atomic E-state index is -0.469. The van der Waals surface area contributed by atoms with Crippen molar-refractivity contribution in [2.75, 3.05) is 0 Å². The molecule has 1 aromatic carbocycles. The summed E-state index contributed by atoms with van der Waals surface area (Å²) in [5.74, 6) is -0.0135. The Bertz CT molecular complexity index is 593. The fraction of sp³-hybridized carbons (Fsp3) is 0.400. The van der Waals surface area contributed by atoms with Gasteiger partial charge in [-0.05, 0) is 25.5 Å². The number of nitrogens with zero attached hydrogens (tertiary/aromatic N) is 1. The molecule has 4 heteroatoms. The maximum atomic E-state index is 11.8. The topological polar surface area (TPSA) is 60.0 Å². The minimum absolute atomic E-state index is 0.0135. The SMILES string of the molecule is Cn1cc(CNC(=O)CC(C)(C)N)c2ccccc21. The van der Waals surface area contributed by atoms with E-state index in [-0.39, 0.29) is 5.91 Å². The van der Waals surface area contributed by atoms with E-state index in [9.17, 15) is 4.79 Å². The fourth-order valence-corrected chi connectivity index (χ4v) is 2.24. The highest BCUT2D eigenvalue weighted by atomic mass is 16.1. The normalized spacial score (nSPS) is 11.8. The van der Waals surface area contributed by atoms with Crippen LogP contribution in [-0.4, -0.2) is 16.0 Å². The third-order valence-electron chi connectivity index (χ3n) is 3.07. The number of hydrogen-bond acceptors (Lipinski definition) is 2. The van der Waals surface area contributed by atoms with Crippen molar-refractivity contribution in [2.24, 2.45) is 12.8 Å². The highest BCUT2D eigenvalue weighted by Crippen LogP contribution is 2.20. The van der Waals surface area contributed by atoms with E-state index in [1.165, 1.54) is 10.9 Å². The summed E-state index contributed by atoms with van der Waals surface area (Å²) < 4.78 is 2.07. The first-order valence-electron chi connectivity index (χ1n) is 6.45. The van der Waals surface area contributed by atoms with Gasteiger partial charge in [-0.2, -0.15) is 0 Å². The van der Waals surface area contributed by atoms with Crippen LogP contribution in [0.1, 0.15) is 25.8 Å². The molecule has 102 valence electrons. The second-order valence-corrected chi connectivity index (χ2v) is 5.72. The number of fused-ring (bicyclic) bond motifs is 1. The lowest BCUT2D eigenvalue weighted by atomic mass is 10.0. The number of carbonyl (C=O) groups excluding carboxylic acids is 1. The number of amides is 1.